The zero-order valence-electron chi connectivity index (χ0n) is 15.0. The molecule has 0 aliphatic rings. The van der Waals surface area contributed by atoms with Gasteiger partial charge in [0.1, 0.15) is 6.61 Å². The number of hydrogen-bond acceptors (Lipinski definition) is 4. The smallest absolute Gasteiger partial charge is 0.180 e. The Kier molecular flexibility index (Phi) is 7.56. The summed E-state index contributed by atoms with van der Waals surface area (Å²) in [5.41, 5.74) is 3.27. The van der Waals surface area contributed by atoms with E-state index in [2.05, 4.69) is 24.4 Å². The van der Waals surface area contributed by atoms with Gasteiger partial charge in [0.05, 0.1) is 17.7 Å². The van der Waals surface area contributed by atoms with E-state index in [9.17, 15) is 5.11 Å². The van der Waals surface area contributed by atoms with Crippen molar-refractivity contribution in [3.05, 3.63) is 58.1 Å². The summed E-state index contributed by atoms with van der Waals surface area (Å²) in [6.45, 7) is 7.81. The maximum atomic E-state index is 9.33. The molecule has 0 unspecified atom stereocenters. The number of hydrogen-bond donors (Lipinski definition) is 2. The molecule has 25 heavy (non-hydrogen) atoms. The molecule has 0 fully saturated rings. The second-order valence-corrected chi connectivity index (χ2v) is 6.50. The molecule has 0 heterocycles. The molecule has 0 bridgehead atoms. The van der Waals surface area contributed by atoms with Gasteiger partial charge in [0, 0.05) is 13.1 Å². The average Bonchev–Trinajstić information content (AvgIpc) is 2.55. The standard InChI is InChI=1S/C20H26ClNO3/c1-4-24-19-10-17(12-22-11-15(3)23)9-18(21)20(19)25-13-16-7-5-14(2)6-8-16/h5-10,15,22-23H,4,11-13H2,1-3H3/t15-/m1/s1. The van der Waals surface area contributed by atoms with E-state index in [0.717, 1.165) is 11.1 Å². The van der Waals surface area contributed by atoms with E-state index in [4.69, 9.17) is 21.1 Å². The largest absolute Gasteiger partial charge is 0.490 e. The van der Waals surface area contributed by atoms with Crippen molar-refractivity contribution in [3.63, 3.8) is 0 Å². The topological polar surface area (TPSA) is 50.7 Å². The lowest BCUT2D eigenvalue weighted by atomic mass is 10.1. The monoisotopic (exact) mass is 363 g/mol. The fourth-order valence-corrected chi connectivity index (χ4v) is 2.68. The van der Waals surface area contributed by atoms with Crippen molar-refractivity contribution >= 4 is 11.6 Å². The SMILES string of the molecule is CCOc1cc(CNC[C@@H](C)O)cc(Cl)c1OCc1ccc(C)cc1. The van der Waals surface area contributed by atoms with E-state index in [1.54, 1.807) is 6.92 Å². The predicted molar refractivity (Wildman–Crippen MR) is 102 cm³/mol. The number of benzene rings is 2. The maximum absolute atomic E-state index is 9.33. The molecule has 0 amide bonds. The van der Waals surface area contributed by atoms with E-state index in [1.807, 2.05) is 31.2 Å². The van der Waals surface area contributed by atoms with Crippen LogP contribution in [-0.4, -0.2) is 24.4 Å². The summed E-state index contributed by atoms with van der Waals surface area (Å²) in [5.74, 6) is 1.19. The first-order chi connectivity index (χ1) is 12.0. The molecular weight excluding hydrogens is 338 g/mol. The van der Waals surface area contributed by atoms with Crippen LogP contribution in [0.25, 0.3) is 0 Å². The van der Waals surface area contributed by atoms with Gasteiger partial charge in [-0.15, -0.1) is 0 Å². The zero-order valence-corrected chi connectivity index (χ0v) is 15.8. The van der Waals surface area contributed by atoms with Crippen LogP contribution in [0, 0.1) is 6.92 Å². The lowest BCUT2D eigenvalue weighted by molar-refractivity contribution is 0.191. The summed E-state index contributed by atoms with van der Waals surface area (Å²) in [6.07, 6.45) is -0.390. The van der Waals surface area contributed by atoms with Crippen molar-refractivity contribution < 1.29 is 14.6 Å². The third-order valence-electron chi connectivity index (χ3n) is 3.64. The Labute approximate surface area is 154 Å². The number of nitrogens with one attached hydrogen (secondary N) is 1. The summed E-state index contributed by atoms with van der Waals surface area (Å²) in [7, 11) is 0. The van der Waals surface area contributed by atoms with Crippen LogP contribution < -0.4 is 14.8 Å². The van der Waals surface area contributed by atoms with Gasteiger partial charge in [0.2, 0.25) is 0 Å². The number of halogens is 1. The Morgan fingerprint density at radius 3 is 2.48 bits per heavy atom. The van der Waals surface area contributed by atoms with Crippen molar-refractivity contribution in [1.29, 1.82) is 0 Å². The number of ether oxygens (including phenoxy) is 2. The van der Waals surface area contributed by atoms with Crippen LogP contribution in [0.15, 0.2) is 36.4 Å². The Hall–Kier alpha value is -1.75. The molecule has 0 radical (unpaired) electrons. The van der Waals surface area contributed by atoms with Gasteiger partial charge in [-0.1, -0.05) is 41.4 Å². The summed E-state index contributed by atoms with van der Waals surface area (Å²) in [6, 6.07) is 12.0. The molecule has 0 aliphatic heterocycles. The van der Waals surface area contributed by atoms with Crippen molar-refractivity contribution in [1.82, 2.24) is 5.32 Å². The second-order valence-electron chi connectivity index (χ2n) is 6.09. The van der Waals surface area contributed by atoms with Crippen LogP contribution in [0.4, 0.5) is 0 Å². The Balaban J connectivity index is 2.11. The van der Waals surface area contributed by atoms with Gasteiger partial charge in [0.25, 0.3) is 0 Å². The maximum Gasteiger partial charge on any atom is 0.180 e. The van der Waals surface area contributed by atoms with E-state index in [0.29, 0.717) is 42.8 Å². The summed E-state index contributed by atoms with van der Waals surface area (Å²) < 4.78 is 11.6. The highest BCUT2D eigenvalue weighted by Crippen LogP contribution is 2.37. The molecule has 136 valence electrons. The molecule has 1 atom stereocenters. The third-order valence-corrected chi connectivity index (χ3v) is 3.92. The highest BCUT2D eigenvalue weighted by atomic mass is 35.5. The summed E-state index contributed by atoms with van der Waals surface area (Å²) in [4.78, 5) is 0. The predicted octanol–water partition coefficient (Wildman–Crippen LogP) is 4.10. The first kappa shape index (κ1) is 19.6. The molecule has 2 aromatic rings. The minimum atomic E-state index is -0.390. The van der Waals surface area contributed by atoms with Gasteiger partial charge in [-0.3, -0.25) is 0 Å². The number of rotatable bonds is 9. The van der Waals surface area contributed by atoms with Gasteiger partial charge in [0.15, 0.2) is 11.5 Å². The molecular formula is C20H26ClNO3. The van der Waals surface area contributed by atoms with E-state index in [-0.39, 0.29) is 6.10 Å². The van der Waals surface area contributed by atoms with Crippen LogP contribution >= 0.6 is 11.6 Å². The quantitative estimate of drug-likeness (QED) is 0.704. The van der Waals surface area contributed by atoms with Gasteiger partial charge >= 0.3 is 0 Å². The molecule has 5 heteroatoms. The molecule has 2 N–H and O–H groups in total. The summed E-state index contributed by atoms with van der Waals surface area (Å²) in [5, 5.41) is 13.0. The first-order valence-electron chi connectivity index (χ1n) is 8.52. The molecule has 2 rings (SSSR count). The van der Waals surface area contributed by atoms with Crippen LogP contribution in [0.2, 0.25) is 5.02 Å². The fourth-order valence-electron chi connectivity index (χ4n) is 2.39. The highest BCUT2D eigenvalue weighted by Gasteiger charge is 2.13. The van der Waals surface area contributed by atoms with E-state index in [1.165, 1.54) is 5.56 Å². The van der Waals surface area contributed by atoms with Crippen molar-refractivity contribution in [3.8, 4) is 11.5 Å². The lowest BCUT2D eigenvalue weighted by Gasteiger charge is -2.16. The highest BCUT2D eigenvalue weighted by molar-refractivity contribution is 6.32. The summed E-state index contributed by atoms with van der Waals surface area (Å²) >= 11 is 6.42. The Bertz CT molecular complexity index is 671. The van der Waals surface area contributed by atoms with Crippen LogP contribution in [-0.2, 0) is 13.2 Å². The Morgan fingerprint density at radius 2 is 1.84 bits per heavy atom. The Morgan fingerprint density at radius 1 is 1.12 bits per heavy atom. The first-order valence-corrected chi connectivity index (χ1v) is 8.89. The molecule has 2 aromatic carbocycles. The van der Waals surface area contributed by atoms with E-state index < -0.39 is 0 Å². The number of aliphatic hydroxyl groups is 1. The van der Waals surface area contributed by atoms with Crippen LogP contribution in [0.5, 0.6) is 11.5 Å². The minimum Gasteiger partial charge on any atom is -0.490 e. The van der Waals surface area contributed by atoms with Crippen LogP contribution in [0.1, 0.15) is 30.5 Å². The normalized spacial score (nSPS) is 12.0. The average molecular weight is 364 g/mol. The molecule has 4 nitrogen and oxygen atoms in total. The van der Waals surface area contributed by atoms with Gasteiger partial charge in [-0.05, 0) is 44.0 Å². The van der Waals surface area contributed by atoms with Crippen molar-refractivity contribution in [2.45, 2.75) is 40.0 Å². The number of aryl methyl sites for hydroxylation is 1. The van der Waals surface area contributed by atoms with Crippen molar-refractivity contribution in [2.75, 3.05) is 13.2 Å². The molecule has 0 aromatic heterocycles. The minimum absolute atomic E-state index is 0.390. The zero-order chi connectivity index (χ0) is 18.2. The molecule has 0 aliphatic carbocycles. The van der Waals surface area contributed by atoms with Crippen molar-refractivity contribution in [2.24, 2.45) is 0 Å². The van der Waals surface area contributed by atoms with Crippen LogP contribution in [0.3, 0.4) is 0 Å². The van der Waals surface area contributed by atoms with Gasteiger partial charge < -0.3 is 19.9 Å². The third kappa shape index (κ3) is 6.24. The van der Waals surface area contributed by atoms with Gasteiger partial charge in [-0.2, -0.15) is 0 Å². The number of aliphatic hydroxyl groups excluding tert-OH is 1. The second kappa shape index (κ2) is 9.66. The molecule has 0 spiro atoms. The molecule has 0 saturated carbocycles. The van der Waals surface area contributed by atoms with E-state index >= 15 is 0 Å². The van der Waals surface area contributed by atoms with Gasteiger partial charge in [-0.25, -0.2) is 0 Å². The fraction of sp³-hybridized carbons (Fsp3) is 0.400. The lowest BCUT2D eigenvalue weighted by Crippen LogP contribution is -2.23. The molecule has 0 saturated heterocycles.